The Hall–Kier alpha value is -0.870. The van der Waals surface area contributed by atoms with E-state index >= 15 is 0 Å². The van der Waals surface area contributed by atoms with Crippen LogP contribution >= 0.6 is 15.9 Å². The number of nitrogens with zero attached hydrogens (tertiary/aromatic N) is 2. The number of rotatable bonds is 1. The zero-order valence-corrected chi connectivity index (χ0v) is 9.62. The van der Waals surface area contributed by atoms with E-state index in [0.29, 0.717) is 5.69 Å². The fourth-order valence-corrected chi connectivity index (χ4v) is 2.06. The number of pyridine rings is 1. The lowest BCUT2D eigenvalue weighted by atomic mass is 10.3. The van der Waals surface area contributed by atoms with E-state index in [1.165, 1.54) is 0 Å². The first-order chi connectivity index (χ1) is 6.58. The predicted octanol–water partition coefficient (Wildman–Crippen LogP) is 2.46. The second kappa shape index (κ2) is 3.37. The molecule has 74 valence electrons. The van der Waals surface area contributed by atoms with Crippen molar-refractivity contribution in [2.24, 2.45) is 0 Å². The molecule has 2 heterocycles. The van der Waals surface area contributed by atoms with Crippen LogP contribution in [0.15, 0.2) is 22.9 Å². The predicted molar refractivity (Wildman–Crippen MR) is 58.3 cm³/mol. The molecule has 2 rings (SSSR count). The van der Waals surface area contributed by atoms with Gasteiger partial charge >= 0.3 is 0 Å². The Morgan fingerprint density at radius 1 is 1.50 bits per heavy atom. The van der Waals surface area contributed by atoms with Crippen molar-refractivity contribution in [3.63, 3.8) is 0 Å². The molecule has 0 aliphatic heterocycles. The third-order valence-corrected chi connectivity index (χ3v) is 2.67. The smallest absolute Gasteiger partial charge is 0.151 e. The van der Waals surface area contributed by atoms with Crippen LogP contribution in [0.3, 0.4) is 0 Å². The van der Waals surface area contributed by atoms with Gasteiger partial charge in [0.25, 0.3) is 0 Å². The lowest BCUT2D eigenvalue weighted by molar-refractivity contribution is 0.195. The van der Waals surface area contributed by atoms with Crippen molar-refractivity contribution in [2.75, 3.05) is 0 Å². The minimum atomic E-state index is -0.526. The second-order valence-corrected chi connectivity index (χ2v) is 4.29. The molecule has 0 fully saturated rings. The number of fused-ring (bicyclic) bond motifs is 1. The van der Waals surface area contributed by atoms with Gasteiger partial charge in [0.15, 0.2) is 5.65 Å². The van der Waals surface area contributed by atoms with E-state index < -0.39 is 6.10 Å². The molecule has 0 aliphatic rings. The highest BCUT2D eigenvalue weighted by molar-refractivity contribution is 9.10. The van der Waals surface area contributed by atoms with Crippen LogP contribution < -0.4 is 0 Å². The van der Waals surface area contributed by atoms with Crippen molar-refractivity contribution in [3.05, 3.63) is 34.2 Å². The second-order valence-electron chi connectivity index (χ2n) is 3.44. The molecule has 0 saturated carbocycles. The van der Waals surface area contributed by atoms with Gasteiger partial charge in [0, 0.05) is 12.4 Å². The van der Waals surface area contributed by atoms with E-state index in [1.807, 2.05) is 29.8 Å². The molecule has 0 amide bonds. The molecule has 0 spiro atoms. The van der Waals surface area contributed by atoms with E-state index in [2.05, 4.69) is 20.9 Å². The van der Waals surface area contributed by atoms with Gasteiger partial charge in [0.1, 0.15) is 0 Å². The summed E-state index contributed by atoms with van der Waals surface area (Å²) in [7, 11) is 0. The molecule has 3 nitrogen and oxygen atoms in total. The highest BCUT2D eigenvalue weighted by atomic mass is 79.9. The summed E-state index contributed by atoms with van der Waals surface area (Å²) in [6, 6.07) is 2.01. The van der Waals surface area contributed by atoms with Crippen LogP contribution in [0.25, 0.3) is 5.65 Å². The molecular weight excluding hydrogens is 244 g/mol. The van der Waals surface area contributed by atoms with Crippen LogP contribution in [0.2, 0.25) is 0 Å². The van der Waals surface area contributed by atoms with Crippen LogP contribution in [0, 0.1) is 6.92 Å². The maximum atomic E-state index is 9.39. The number of aliphatic hydroxyl groups excluding tert-OH is 1. The lowest BCUT2D eigenvalue weighted by Crippen LogP contribution is -1.89. The number of aromatic nitrogens is 2. The molecule has 1 unspecified atom stereocenters. The molecule has 0 radical (unpaired) electrons. The van der Waals surface area contributed by atoms with Crippen LogP contribution in [-0.2, 0) is 0 Å². The Labute approximate surface area is 90.5 Å². The summed E-state index contributed by atoms with van der Waals surface area (Å²) < 4.78 is 2.87. The Morgan fingerprint density at radius 3 is 2.86 bits per heavy atom. The molecular formula is C10H11BrN2O. The van der Waals surface area contributed by atoms with E-state index in [0.717, 1.165) is 15.7 Å². The summed E-state index contributed by atoms with van der Waals surface area (Å²) in [4.78, 5) is 4.32. The first-order valence-electron chi connectivity index (χ1n) is 4.41. The van der Waals surface area contributed by atoms with Gasteiger partial charge in [0.2, 0.25) is 0 Å². The summed E-state index contributed by atoms with van der Waals surface area (Å²) >= 11 is 3.45. The Bertz CT molecular complexity index is 476. The van der Waals surface area contributed by atoms with Crippen molar-refractivity contribution in [3.8, 4) is 0 Å². The maximum absolute atomic E-state index is 9.39. The summed E-state index contributed by atoms with van der Waals surface area (Å²) in [5, 5.41) is 9.39. The van der Waals surface area contributed by atoms with Crippen molar-refractivity contribution >= 4 is 21.6 Å². The van der Waals surface area contributed by atoms with Gasteiger partial charge < -0.3 is 9.51 Å². The number of hydrogen-bond acceptors (Lipinski definition) is 2. The van der Waals surface area contributed by atoms with E-state index in [9.17, 15) is 5.11 Å². The number of imidazole rings is 1. The normalized spacial score (nSPS) is 13.4. The van der Waals surface area contributed by atoms with Crippen molar-refractivity contribution in [1.82, 2.24) is 9.38 Å². The zero-order valence-electron chi connectivity index (χ0n) is 8.03. The van der Waals surface area contributed by atoms with Crippen LogP contribution in [0.1, 0.15) is 24.3 Å². The molecule has 2 aromatic rings. The third-order valence-electron chi connectivity index (χ3n) is 2.09. The highest BCUT2D eigenvalue weighted by Crippen LogP contribution is 2.21. The van der Waals surface area contributed by atoms with Crippen LogP contribution in [-0.4, -0.2) is 14.5 Å². The SMILES string of the molecule is Cc1cc(Br)c2nc(C(C)O)cn2c1. The molecule has 0 aromatic carbocycles. The molecule has 0 aliphatic carbocycles. The average Bonchev–Trinajstić information content (AvgIpc) is 2.47. The van der Waals surface area contributed by atoms with Gasteiger partial charge in [-0.25, -0.2) is 4.98 Å². The first-order valence-corrected chi connectivity index (χ1v) is 5.20. The molecule has 0 bridgehead atoms. The summed E-state index contributed by atoms with van der Waals surface area (Å²) in [6.07, 6.45) is 3.30. The molecule has 14 heavy (non-hydrogen) atoms. The van der Waals surface area contributed by atoms with Crippen LogP contribution in [0.5, 0.6) is 0 Å². The summed E-state index contributed by atoms with van der Waals surface area (Å²) in [6.45, 7) is 3.73. The minimum absolute atomic E-state index is 0.526. The van der Waals surface area contributed by atoms with Gasteiger partial charge in [-0.3, -0.25) is 0 Å². The molecule has 1 atom stereocenters. The first kappa shape index (κ1) is 9.68. The van der Waals surface area contributed by atoms with E-state index in [-0.39, 0.29) is 0 Å². The molecule has 1 N–H and O–H groups in total. The quantitative estimate of drug-likeness (QED) is 0.849. The van der Waals surface area contributed by atoms with Gasteiger partial charge in [-0.05, 0) is 41.4 Å². The third kappa shape index (κ3) is 1.55. The van der Waals surface area contributed by atoms with Crippen molar-refractivity contribution in [2.45, 2.75) is 20.0 Å². The van der Waals surface area contributed by atoms with Crippen molar-refractivity contribution < 1.29 is 5.11 Å². The van der Waals surface area contributed by atoms with E-state index in [4.69, 9.17) is 0 Å². The minimum Gasteiger partial charge on any atom is -0.387 e. The van der Waals surface area contributed by atoms with E-state index in [1.54, 1.807) is 6.92 Å². The van der Waals surface area contributed by atoms with Gasteiger partial charge in [-0.2, -0.15) is 0 Å². The fourth-order valence-electron chi connectivity index (χ4n) is 1.41. The van der Waals surface area contributed by atoms with Gasteiger partial charge in [0.05, 0.1) is 16.3 Å². The van der Waals surface area contributed by atoms with Gasteiger partial charge in [-0.15, -0.1) is 0 Å². The summed E-state index contributed by atoms with van der Waals surface area (Å²) in [5.41, 5.74) is 2.68. The van der Waals surface area contributed by atoms with Gasteiger partial charge in [-0.1, -0.05) is 0 Å². The van der Waals surface area contributed by atoms with Crippen molar-refractivity contribution in [1.29, 1.82) is 0 Å². The number of aliphatic hydroxyl groups is 1. The number of halogens is 1. The Balaban J connectivity index is 2.70. The zero-order chi connectivity index (χ0) is 10.3. The molecule has 0 saturated heterocycles. The number of aryl methyl sites for hydroxylation is 1. The Kier molecular flexibility index (Phi) is 2.33. The molecule has 2 aromatic heterocycles. The monoisotopic (exact) mass is 254 g/mol. The maximum Gasteiger partial charge on any atom is 0.151 e. The van der Waals surface area contributed by atoms with Crippen LogP contribution in [0.4, 0.5) is 0 Å². The number of hydrogen-bond donors (Lipinski definition) is 1. The summed E-state index contributed by atoms with van der Waals surface area (Å²) in [5.74, 6) is 0. The largest absolute Gasteiger partial charge is 0.387 e. The highest BCUT2D eigenvalue weighted by Gasteiger charge is 2.08. The Morgan fingerprint density at radius 2 is 2.21 bits per heavy atom. The molecule has 4 heteroatoms. The lowest BCUT2D eigenvalue weighted by Gasteiger charge is -1.97. The average molecular weight is 255 g/mol. The fraction of sp³-hybridized carbons (Fsp3) is 0.300. The standard InChI is InChI=1S/C10H11BrN2O/c1-6-3-8(11)10-12-9(7(2)14)5-13(10)4-6/h3-5,7,14H,1-2H3. The topological polar surface area (TPSA) is 37.5 Å².